The minimum absolute atomic E-state index is 0.0672. The number of rotatable bonds is 7. The van der Waals surface area contributed by atoms with E-state index in [9.17, 15) is 19.5 Å². The van der Waals surface area contributed by atoms with Crippen molar-refractivity contribution in [3.05, 3.63) is 23.8 Å². The molecule has 0 saturated carbocycles. The van der Waals surface area contributed by atoms with Crippen LogP contribution in [0, 0.1) is 0 Å². The van der Waals surface area contributed by atoms with Gasteiger partial charge in [-0.05, 0) is 25.1 Å². The van der Waals surface area contributed by atoms with Gasteiger partial charge in [0.25, 0.3) is 0 Å². The Morgan fingerprint density at radius 1 is 1.35 bits per heavy atom. The van der Waals surface area contributed by atoms with Gasteiger partial charge in [-0.3, -0.25) is 14.4 Å². The van der Waals surface area contributed by atoms with Crippen molar-refractivity contribution in [2.45, 2.75) is 18.2 Å². The lowest BCUT2D eigenvalue weighted by molar-refractivity contribution is -0.140. The number of hydrogen-bond acceptors (Lipinski definition) is 5. The summed E-state index contributed by atoms with van der Waals surface area (Å²) < 4.78 is 5.10. The molecule has 0 radical (unpaired) electrons. The molecule has 2 N–H and O–H groups in total. The molecule has 0 fully saturated rings. The van der Waals surface area contributed by atoms with Gasteiger partial charge >= 0.3 is 5.97 Å². The highest BCUT2D eigenvalue weighted by Gasteiger charge is 2.17. The SMILES string of the molecule is CC(Br)C(=O)c1cc(OCC(=O)CC(=O)O)ccc1O. The van der Waals surface area contributed by atoms with E-state index in [2.05, 4.69) is 15.9 Å². The van der Waals surface area contributed by atoms with Crippen LogP contribution in [0.4, 0.5) is 0 Å². The second kappa shape index (κ2) is 7.04. The Morgan fingerprint density at radius 2 is 2.00 bits per heavy atom. The molecule has 0 aliphatic heterocycles. The first-order chi connectivity index (χ1) is 9.31. The van der Waals surface area contributed by atoms with Crippen LogP contribution in [0.3, 0.4) is 0 Å². The van der Waals surface area contributed by atoms with E-state index in [0.29, 0.717) is 0 Å². The van der Waals surface area contributed by atoms with Crippen LogP contribution in [-0.4, -0.2) is 39.2 Å². The van der Waals surface area contributed by atoms with Crippen molar-refractivity contribution in [3.8, 4) is 11.5 Å². The number of hydrogen-bond donors (Lipinski definition) is 2. The Kier molecular flexibility index (Phi) is 5.69. The summed E-state index contributed by atoms with van der Waals surface area (Å²) in [6.07, 6.45) is -0.623. The van der Waals surface area contributed by atoms with Crippen molar-refractivity contribution < 1.29 is 29.3 Å². The van der Waals surface area contributed by atoms with E-state index in [1.54, 1.807) is 6.92 Å². The molecule has 0 aliphatic carbocycles. The van der Waals surface area contributed by atoms with Crippen LogP contribution in [0.25, 0.3) is 0 Å². The van der Waals surface area contributed by atoms with E-state index >= 15 is 0 Å². The van der Waals surface area contributed by atoms with E-state index < -0.39 is 29.6 Å². The number of ether oxygens (including phenoxy) is 1. The van der Waals surface area contributed by atoms with Crippen LogP contribution in [0.2, 0.25) is 0 Å². The molecule has 1 aromatic rings. The van der Waals surface area contributed by atoms with E-state index in [1.807, 2.05) is 0 Å². The van der Waals surface area contributed by atoms with Gasteiger partial charge in [0.2, 0.25) is 0 Å². The van der Waals surface area contributed by atoms with Gasteiger partial charge in [-0.2, -0.15) is 0 Å². The molecule has 1 atom stereocenters. The summed E-state index contributed by atoms with van der Waals surface area (Å²) in [4.78, 5) is 32.8. The summed E-state index contributed by atoms with van der Waals surface area (Å²) in [6, 6.07) is 3.97. The fourth-order valence-corrected chi connectivity index (χ4v) is 1.65. The lowest BCUT2D eigenvalue weighted by Crippen LogP contribution is -2.15. The van der Waals surface area contributed by atoms with Crippen LogP contribution < -0.4 is 4.74 Å². The van der Waals surface area contributed by atoms with E-state index in [4.69, 9.17) is 9.84 Å². The van der Waals surface area contributed by atoms with Gasteiger partial charge < -0.3 is 14.9 Å². The van der Waals surface area contributed by atoms with Crippen molar-refractivity contribution >= 4 is 33.5 Å². The molecule has 0 saturated heterocycles. The molecule has 1 rings (SSSR count). The van der Waals surface area contributed by atoms with E-state index in [0.717, 1.165) is 0 Å². The highest BCUT2D eigenvalue weighted by atomic mass is 79.9. The minimum atomic E-state index is -1.23. The van der Waals surface area contributed by atoms with Crippen LogP contribution in [0.15, 0.2) is 18.2 Å². The van der Waals surface area contributed by atoms with Gasteiger partial charge in [0.15, 0.2) is 11.6 Å². The molecule has 0 bridgehead atoms. The predicted octanol–water partition coefficient (Wildman–Crippen LogP) is 1.78. The zero-order valence-electron chi connectivity index (χ0n) is 10.6. The molecule has 6 nitrogen and oxygen atoms in total. The quantitative estimate of drug-likeness (QED) is 0.444. The molecule has 1 aromatic carbocycles. The number of halogens is 1. The number of aliphatic carboxylic acids is 1. The van der Waals surface area contributed by atoms with Gasteiger partial charge in [0, 0.05) is 0 Å². The van der Waals surface area contributed by atoms with Gasteiger partial charge in [0.1, 0.15) is 24.5 Å². The lowest BCUT2D eigenvalue weighted by atomic mass is 10.1. The first-order valence-corrected chi connectivity index (χ1v) is 6.60. The molecule has 0 spiro atoms. The van der Waals surface area contributed by atoms with Crippen molar-refractivity contribution in [1.29, 1.82) is 0 Å². The van der Waals surface area contributed by atoms with Crippen molar-refractivity contribution in [2.24, 2.45) is 0 Å². The molecular weight excluding hydrogens is 332 g/mol. The van der Waals surface area contributed by atoms with E-state index in [1.165, 1.54) is 18.2 Å². The summed E-state index contributed by atoms with van der Waals surface area (Å²) in [6.45, 7) is 1.21. The molecule has 1 unspecified atom stereocenters. The number of phenols is 1. The first-order valence-electron chi connectivity index (χ1n) is 5.69. The Labute approximate surface area is 123 Å². The molecule has 0 aliphatic rings. The number of aromatic hydroxyl groups is 1. The number of ketones is 2. The topological polar surface area (TPSA) is 101 Å². The summed E-state index contributed by atoms with van der Waals surface area (Å²) in [5.74, 6) is -2.13. The maximum atomic E-state index is 11.8. The predicted molar refractivity (Wildman–Crippen MR) is 73.6 cm³/mol. The summed E-state index contributed by atoms with van der Waals surface area (Å²) in [5.41, 5.74) is 0.0672. The highest BCUT2D eigenvalue weighted by molar-refractivity contribution is 9.10. The van der Waals surface area contributed by atoms with E-state index in [-0.39, 0.29) is 22.8 Å². The Bertz CT molecular complexity index is 538. The number of Topliss-reactive ketones (excluding diaryl/α,β-unsaturated/α-hetero) is 2. The maximum Gasteiger partial charge on any atom is 0.311 e. The minimum Gasteiger partial charge on any atom is -0.507 e. The van der Waals surface area contributed by atoms with Crippen molar-refractivity contribution in [3.63, 3.8) is 0 Å². The highest BCUT2D eigenvalue weighted by Crippen LogP contribution is 2.25. The lowest BCUT2D eigenvalue weighted by Gasteiger charge is -2.09. The Balaban J connectivity index is 2.78. The smallest absolute Gasteiger partial charge is 0.311 e. The number of benzene rings is 1. The van der Waals surface area contributed by atoms with Gasteiger partial charge in [-0.25, -0.2) is 0 Å². The number of carboxylic acids is 1. The average Bonchev–Trinajstić information content (AvgIpc) is 2.36. The fraction of sp³-hybridized carbons (Fsp3) is 0.308. The van der Waals surface area contributed by atoms with Crippen LogP contribution >= 0.6 is 15.9 Å². The normalized spacial score (nSPS) is 11.7. The van der Waals surface area contributed by atoms with Crippen molar-refractivity contribution in [1.82, 2.24) is 0 Å². The number of alkyl halides is 1. The molecule has 0 aromatic heterocycles. The third-order valence-electron chi connectivity index (χ3n) is 2.34. The molecule has 0 amide bonds. The fourth-order valence-electron chi connectivity index (χ4n) is 1.40. The first kappa shape index (κ1) is 16.2. The number of carbonyl (C=O) groups excluding carboxylic acids is 2. The van der Waals surface area contributed by atoms with Gasteiger partial charge in [-0.1, -0.05) is 15.9 Å². The van der Waals surface area contributed by atoms with Crippen LogP contribution in [0.5, 0.6) is 11.5 Å². The average molecular weight is 345 g/mol. The summed E-state index contributed by atoms with van der Waals surface area (Å²) in [7, 11) is 0. The molecular formula is C13H13BrO6. The second-order valence-corrected chi connectivity index (χ2v) is 5.43. The zero-order valence-corrected chi connectivity index (χ0v) is 12.2. The molecule has 0 heterocycles. The third kappa shape index (κ3) is 4.65. The zero-order chi connectivity index (χ0) is 15.3. The number of carbonyl (C=O) groups is 3. The van der Waals surface area contributed by atoms with Crippen molar-refractivity contribution in [2.75, 3.05) is 6.61 Å². The molecule has 108 valence electrons. The Hall–Kier alpha value is -1.89. The molecule has 7 heteroatoms. The largest absolute Gasteiger partial charge is 0.507 e. The summed E-state index contributed by atoms with van der Waals surface area (Å²) in [5, 5.41) is 18.0. The number of phenolic OH excluding ortho intramolecular Hbond substituents is 1. The maximum absolute atomic E-state index is 11.8. The second-order valence-electron chi connectivity index (χ2n) is 4.06. The van der Waals surface area contributed by atoms with Crippen LogP contribution in [-0.2, 0) is 9.59 Å². The van der Waals surface area contributed by atoms with Crippen LogP contribution in [0.1, 0.15) is 23.7 Å². The molecule has 20 heavy (non-hydrogen) atoms. The standard InChI is InChI=1S/C13H13BrO6/c1-7(14)13(19)10-5-9(2-3-11(10)16)20-6-8(15)4-12(17)18/h2-3,5,7,16H,4,6H2,1H3,(H,17,18). The Morgan fingerprint density at radius 3 is 2.55 bits per heavy atom. The summed E-state index contributed by atoms with van der Waals surface area (Å²) >= 11 is 3.10. The monoisotopic (exact) mass is 344 g/mol. The number of carboxylic acid groups (broad SMARTS) is 1. The van der Waals surface area contributed by atoms with Gasteiger partial charge in [0.05, 0.1) is 10.4 Å². The van der Waals surface area contributed by atoms with Gasteiger partial charge in [-0.15, -0.1) is 0 Å². The third-order valence-corrected chi connectivity index (χ3v) is 2.76.